The molecule has 15 heavy (non-hydrogen) atoms. The number of amides is 1. The topological polar surface area (TPSA) is 52.9 Å². The fourth-order valence-corrected chi connectivity index (χ4v) is 1.53. The monoisotopic (exact) mass is 210 g/mol. The number of nitrogens with zero attached hydrogens (tertiary/aromatic N) is 1. The first kappa shape index (κ1) is 14.0. The second-order valence-electron chi connectivity index (χ2n) is 4.25. The Balaban J connectivity index is 4.26. The highest BCUT2D eigenvalue weighted by molar-refractivity contribution is 5.81. The number of hydrogen-bond acceptors (Lipinski definition) is 2. The maximum absolute atomic E-state index is 11.7. The Labute approximate surface area is 92.9 Å². The van der Waals surface area contributed by atoms with Crippen molar-refractivity contribution in [1.29, 1.82) is 5.26 Å². The number of carbonyl (C=O) groups is 1. The van der Waals surface area contributed by atoms with Crippen LogP contribution in [-0.4, -0.2) is 11.9 Å². The van der Waals surface area contributed by atoms with E-state index in [0.717, 1.165) is 19.3 Å². The molecule has 86 valence electrons. The summed E-state index contributed by atoms with van der Waals surface area (Å²) in [7, 11) is 0. The van der Waals surface area contributed by atoms with Crippen molar-refractivity contribution in [2.45, 2.75) is 53.0 Å². The Morgan fingerprint density at radius 2 is 2.00 bits per heavy atom. The molecule has 1 N–H and O–H groups in total. The Kier molecular flexibility index (Phi) is 6.77. The van der Waals surface area contributed by atoms with Gasteiger partial charge in [-0.3, -0.25) is 4.79 Å². The third-order valence-electron chi connectivity index (χ3n) is 2.56. The first-order valence-electron chi connectivity index (χ1n) is 5.76. The average molecular weight is 210 g/mol. The number of carbonyl (C=O) groups excluding carboxylic acids is 1. The molecule has 2 unspecified atom stereocenters. The zero-order valence-corrected chi connectivity index (χ0v) is 10.2. The molecule has 0 spiro atoms. The maximum atomic E-state index is 11.7. The Morgan fingerprint density at radius 3 is 2.33 bits per heavy atom. The molecule has 0 aromatic heterocycles. The fraction of sp³-hybridized carbons (Fsp3) is 0.833. The molecule has 2 atom stereocenters. The molecule has 0 fully saturated rings. The Hall–Kier alpha value is -1.04. The van der Waals surface area contributed by atoms with Crippen molar-refractivity contribution in [3.8, 4) is 6.07 Å². The van der Waals surface area contributed by atoms with Gasteiger partial charge in [-0.1, -0.05) is 34.1 Å². The molecule has 0 aliphatic heterocycles. The summed E-state index contributed by atoms with van der Waals surface area (Å²) in [5.74, 6) is -0.558. The summed E-state index contributed by atoms with van der Waals surface area (Å²) < 4.78 is 0. The molecular weight excluding hydrogens is 188 g/mol. The van der Waals surface area contributed by atoms with E-state index in [0.29, 0.717) is 0 Å². The van der Waals surface area contributed by atoms with Crippen molar-refractivity contribution in [3.05, 3.63) is 0 Å². The molecule has 0 aliphatic carbocycles. The van der Waals surface area contributed by atoms with Crippen LogP contribution in [0.2, 0.25) is 0 Å². The van der Waals surface area contributed by atoms with Gasteiger partial charge >= 0.3 is 0 Å². The predicted molar refractivity (Wildman–Crippen MR) is 61.1 cm³/mol. The summed E-state index contributed by atoms with van der Waals surface area (Å²) in [6, 6.07) is 2.28. The van der Waals surface area contributed by atoms with E-state index < -0.39 is 5.92 Å². The van der Waals surface area contributed by atoms with Crippen molar-refractivity contribution in [3.63, 3.8) is 0 Å². The minimum absolute atomic E-state index is 0.0779. The van der Waals surface area contributed by atoms with Crippen LogP contribution >= 0.6 is 0 Å². The van der Waals surface area contributed by atoms with Crippen molar-refractivity contribution < 1.29 is 4.79 Å². The van der Waals surface area contributed by atoms with E-state index in [1.165, 1.54) is 0 Å². The first-order chi connectivity index (χ1) is 7.06. The molecule has 0 aromatic rings. The molecule has 0 bridgehead atoms. The van der Waals surface area contributed by atoms with Gasteiger partial charge in [0.1, 0.15) is 5.92 Å². The van der Waals surface area contributed by atoms with Gasteiger partial charge in [0.05, 0.1) is 6.07 Å². The van der Waals surface area contributed by atoms with Crippen LogP contribution in [0, 0.1) is 23.2 Å². The number of nitrogens with one attached hydrogen (secondary N) is 1. The molecule has 0 saturated heterocycles. The van der Waals surface area contributed by atoms with Gasteiger partial charge in [0.2, 0.25) is 5.91 Å². The standard InChI is InChI=1S/C12H22N2O/c1-5-7-10(6-2)14-12(15)11(8-13)9(3)4/h9-11H,5-7H2,1-4H3,(H,14,15). The van der Waals surface area contributed by atoms with Crippen LogP contribution in [0.3, 0.4) is 0 Å². The summed E-state index contributed by atoms with van der Waals surface area (Å²) in [4.78, 5) is 11.7. The van der Waals surface area contributed by atoms with Crippen LogP contribution in [-0.2, 0) is 4.79 Å². The number of hydrogen-bond donors (Lipinski definition) is 1. The highest BCUT2D eigenvalue weighted by atomic mass is 16.1. The lowest BCUT2D eigenvalue weighted by Gasteiger charge is -2.19. The van der Waals surface area contributed by atoms with Crippen LogP contribution in [0.4, 0.5) is 0 Å². The summed E-state index contributed by atoms with van der Waals surface area (Å²) in [5, 5.41) is 11.8. The lowest BCUT2D eigenvalue weighted by molar-refractivity contribution is -0.125. The van der Waals surface area contributed by atoms with Gasteiger partial charge in [0.25, 0.3) is 0 Å². The molecule has 0 heterocycles. The molecule has 3 nitrogen and oxygen atoms in total. The minimum Gasteiger partial charge on any atom is -0.352 e. The smallest absolute Gasteiger partial charge is 0.237 e. The zero-order valence-electron chi connectivity index (χ0n) is 10.2. The lowest BCUT2D eigenvalue weighted by atomic mass is 9.96. The average Bonchev–Trinajstić information content (AvgIpc) is 2.17. The SMILES string of the molecule is CCCC(CC)NC(=O)C(C#N)C(C)C. The Morgan fingerprint density at radius 1 is 1.40 bits per heavy atom. The van der Waals surface area contributed by atoms with E-state index in [-0.39, 0.29) is 17.9 Å². The third kappa shape index (κ3) is 4.83. The van der Waals surface area contributed by atoms with Gasteiger partial charge in [-0.25, -0.2) is 0 Å². The van der Waals surface area contributed by atoms with Gasteiger partial charge in [-0.2, -0.15) is 5.26 Å². The molecule has 0 saturated carbocycles. The quantitative estimate of drug-likeness (QED) is 0.732. The van der Waals surface area contributed by atoms with Crippen LogP contribution in [0.15, 0.2) is 0 Å². The molecule has 1 amide bonds. The zero-order chi connectivity index (χ0) is 11.8. The van der Waals surface area contributed by atoms with Crippen molar-refractivity contribution in [2.24, 2.45) is 11.8 Å². The van der Waals surface area contributed by atoms with Crippen molar-refractivity contribution >= 4 is 5.91 Å². The normalized spacial score (nSPS) is 14.4. The largest absolute Gasteiger partial charge is 0.352 e. The highest BCUT2D eigenvalue weighted by Gasteiger charge is 2.23. The molecule has 0 radical (unpaired) electrons. The van der Waals surface area contributed by atoms with Gasteiger partial charge in [-0.05, 0) is 18.8 Å². The van der Waals surface area contributed by atoms with E-state index in [1.807, 2.05) is 13.8 Å². The van der Waals surface area contributed by atoms with Gasteiger partial charge in [0.15, 0.2) is 0 Å². The first-order valence-corrected chi connectivity index (χ1v) is 5.76. The van der Waals surface area contributed by atoms with Crippen LogP contribution in [0.1, 0.15) is 47.0 Å². The van der Waals surface area contributed by atoms with E-state index >= 15 is 0 Å². The molecule has 0 rings (SSSR count). The van der Waals surface area contributed by atoms with Crippen LogP contribution < -0.4 is 5.32 Å². The molecular formula is C12H22N2O. The highest BCUT2D eigenvalue weighted by Crippen LogP contribution is 2.11. The molecule has 0 aliphatic rings. The summed E-state index contributed by atoms with van der Waals surface area (Å²) >= 11 is 0. The fourth-order valence-electron chi connectivity index (χ4n) is 1.53. The Bertz CT molecular complexity index is 230. The number of rotatable bonds is 6. The van der Waals surface area contributed by atoms with Crippen molar-refractivity contribution in [2.75, 3.05) is 0 Å². The minimum atomic E-state index is -0.518. The lowest BCUT2D eigenvalue weighted by Crippen LogP contribution is -2.39. The van der Waals surface area contributed by atoms with E-state index in [9.17, 15) is 4.79 Å². The second-order valence-corrected chi connectivity index (χ2v) is 4.25. The van der Waals surface area contributed by atoms with Crippen molar-refractivity contribution in [1.82, 2.24) is 5.32 Å². The summed E-state index contributed by atoms with van der Waals surface area (Å²) in [5.41, 5.74) is 0. The number of nitriles is 1. The summed E-state index contributed by atoms with van der Waals surface area (Å²) in [6.07, 6.45) is 2.96. The van der Waals surface area contributed by atoms with E-state index in [1.54, 1.807) is 0 Å². The van der Waals surface area contributed by atoms with Gasteiger partial charge in [-0.15, -0.1) is 0 Å². The predicted octanol–water partition coefficient (Wildman–Crippen LogP) is 2.48. The van der Waals surface area contributed by atoms with Gasteiger partial charge < -0.3 is 5.32 Å². The van der Waals surface area contributed by atoms with E-state index in [4.69, 9.17) is 5.26 Å². The van der Waals surface area contributed by atoms with Crippen LogP contribution in [0.25, 0.3) is 0 Å². The van der Waals surface area contributed by atoms with Gasteiger partial charge in [0, 0.05) is 6.04 Å². The molecule has 3 heteroatoms. The summed E-state index contributed by atoms with van der Waals surface area (Å²) in [6.45, 7) is 7.94. The van der Waals surface area contributed by atoms with Crippen LogP contribution in [0.5, 0.6) is 0 Å². The third-order valence-corrected chi connectivity index (χ3v) is 2.56. The van der Waals surface area contributed by atoms with E-state index in [2.05, 4.69) is 25.2 Å². The molecule has 0 aromatic carbocycles. The second kappa shape index (κ2) is 7.28. The maximum Gasteiger partial charge on any atom is 0.237 e.